The van der Waals surface area contributed by atoms with Gasteiger partial charge in [0, 0.05) is 21.5 Å². The van der Waals surface area contributed by atoms with E-state index >= 15 is 0 Å². The molecule has 0 fully saturated rings. The van der Waals surface area contributed by atoms with Gasteiger partial charge in [-0.3, -0.25) is 0 Å². The number of carboxylic acid groups (broad SMARTS) is 1. The molecule has 0 amide bonds. The van der Waals surface area contributed by atoms with Gasteiger partial charge in [0.15, 0.2) is 0 Å². The number of carboxylic acids is 1. The third-order valence-corrected chi connectivity index (χ3v) is 5.83. The lowest BCUT2D eigenvalue weighted by Gasteiger charge is -2.15. The summed E-state index contributed by atoms with van der Waals surface area (Å²) in [4.78, 5) is 12.6. The lowest BCUT2D eigenvalue weighted by atomic mass is 9.95. The molecule has 4 nitrogen and oxygen atoms in total. The number of ether oxygens (including phenoxy) is 1. The fourth-order valence-electron chi connectivity index (χ4n) is 3.66. The topological polar surface area (TPSA) is 51.5 Å². The van der Waals surface area contributed by atoms with Crippen LogP contribution in [0, 0.1) is 0 Å². The highest BCUT2D eigenvalue weighted by Gasteiger charge is 2.21. The molecule has 1 aromatic carbocycles. The zero-order chi connectivity index (χ0) is 16.7. The van der Waals surface area contributed by atoms with Crippen LogP contribution in [0.3, 0.4) is 0 Å². The summed E-state index contributed by atoms with van der Waals surface area (Å²) in [5, 5.41) is 10.4. The van der Waals surface area contributed by atoms with Crippen LogP contribution in [0.1, 0.15) is 38.6 Å². The molecule has 0 bridgehead atoms. The molecule has 5 heteroatoms. The van der Waals surface area contributed by atoms with E-state index in [9.17, 15) is 4.79 Å². The molecule has 0 saturated heterocycles. The van der Waals surface area contributed by atoms with Crippen molar-refractivity contribution in [3.05, 3.63) is 51.3 Å². The average molecular weight is 341 g/mol. The van der Waals surface area contributed by atoms with Crippen LogP contribution < -0.4 is 4.74 Å². The molecule has 4 rings (SSSR count). The first-order valence-electron chi connectivity index (χ1n) is 8.17. The number of aromatic nitrogens is 1. The Morgan fingerprint density at radius 2 is 2.08 bits per heavy atom. The van der Waals surface area contributed by atoms with Crippen LogP contribution >= 0.6 is 11.3 Å². The van der Waals surface area contributed by atoms with Crippen LogP contribution in [0.5, 0.6) is 5.75 Å². The zero-order valence-corrected chi connectivity index (χ0v) is 14.4. The molecule has 2 aromatic heterocycles. The van der Waals surface area contributed by atoms with Crippen molar-refractivity contribution in [1.29, 1.82) is 0 Å². The summed E-state index contributed by atoms with van der Waals surface area (Å²) in [6.45, 7) is 0.732. The summed E-state index contributed by atoms with van der Waals surface area (Å²) in [7, 11) is 1.70. The molecule has 0 unspecified atom stereocenters. The zero-order valence-electron chi connectivity index (χ0n) is 13.5. The van der Waals surface area contributed by atoms with Crippen LogP contribution in [0.2, 0.25) is 0 Å². The fourth-order valence-corrected chi connectivity index (χ4v) is 4.49. The minimum Gasteiger partial charge on any atom is -0.497 e. The Labute approximate surface area is 144 Å². The number of aromatic carboxylic acids is 1. The molecule has 1 aliphatic carbocycles. The summed E-state index contributed by atoms with van der Waals surface area (Å²) in [5.41, 5.74) is 4.05. The van der Waals surface area contributed by atoms with E-state index in [-0.39, 0.29) is 0 Å². The van der Waals surface area contributed by atoms with Crippen LogP contribution in [0.15, 0.2) is 30.3 Å². The Morgan fingerprint density at radius 1 is 1.25 bits per heavy atom. The van der Waals surface area contributed by atoms with Crippen molar-refractivity contribution < 1.29 is 14.6 Å². The van der Waals surface area contributed by atoms with E-state index in [1.54, 1.807) is 13.2 Å². The van der Waals surface area contributed by atoms with E-state index in [2.05, 4.69) is 16.7 Å². The van der Waals surface area contributed by atoms with Gasteiger partial charge in [-0.1, -0.05) is 0 Å². The van der Waals surface area contributed by atoms with Gasteiger partial charge in [-0.2, -0.15) is 0 Å². The van der Waals surface area contributed by atoms with Gasteiger partial charge in [0.25, 0.3) is 0 Å². The smallest absolute Gasteiger partial charge is 0.345 e. The number of nitrogens with zero attached hydrogens (tertiary/aromatic N) is 1. The van der Waals surface area contributed by atoms with Gasteiger partial charge in [0.1, 0.15) is 10.6 Å². The molecule has 1 aliphatic rings. The maximum Gasteiger partial charge on any atom is 0.345 e. The number of methoxy groups -OCH3 is 1. The largest absolute Gasteiger partial charge is 0.497 e. The lowest BCUT2D eigenvalue weighted by molar-refractivity contribution is 0.0702. The predicted molar refractivity (Wildman–Crippen MR) is 95.5 cm³/mol. The van der Waals surface area contributed by atoms with Crippen LogP contribution in [0.25, 0.3) is 10.9 Å². The Hall–Kier alpha value is -2.27. The van der Waals surface area contributed by atoms with Crippen LogP contribution in [0.4, 0.5) is 0 Å². The van der Waals surface area contributed by atoms with E-state index in [1.807, 2.05) is 12.1 Å². The average Bonchev–Trinajstić information content (AvgIpc) is 3.19. The van der Waals surface area contributed by atoms with Crippen molar-refractivity contribution in [3.8, 4) is 5.75 Å². The fraction of sp³-hybridized carbons (Fsp3) is 0.316. The summed E-state index contributed by atoms with van der Waals surface area (Å²) >= 11 is 1.36. The lowest BCUT2D eigenvalue weighted by Crippen LogP contribution is -2.08. The van der Waals surface area contributed by atoms with Gasteiger partial charge in [0.2, 0.25) is 0 Å². The molecule has 0 aliphatic heterocycles. The quantitative estimate of drug-likeness (QED) is 0.768. The molecule has 124 valence electrons. The second-order valence-corrected chi connectivity index (χ2v) is 7.34. The van der Waals surface area contributed by atoms with Crippen molar-refractivity contribution in [1.82, 2.24) is 4.57 Å². The number of hydrogen-bond donors (Lipinski definition) is 1. The molecule has 2 heterocycles. The SMILES string of the molecule is COc1ccc2c(c1)c1c(n2Cc2ccc(C(=O)O)s2)CCCC1. The number of aryl methyl sites for hydroxylation is 1. The Kier molecular flexibility index (Phi) is 3.81. The van der Waals surface area contributed by atoms with Crippen molar-refractivity contribution >= 4 is 28.2 Å². The molecule has 1 N–H and O–H groups in total. The number of fused-ring (bicyclic) bond motifs is 3. The Morgan fingerprint density at radius 3 is 2.83 bits per heavy atom. The maximum atomic E-state index is 11.1. The van der Waals surface area contributed by atoms with Crippen LogP contribution in [-0.2, 0) is 19.4 Å². The summed E-state index contributed by atoms with van der Waals surface area (Å²) < 4.78 is 7.76. The summed E-state index contributed by atoms with van der Waals surface area (Å²) in [5.74, 6) is 0.0349. The number of thiophene rings is 1. The second kappa shape index (κ2) is 5.98. The van der Waals surface area contributed by atoms with Gasteiger partial charge >= 0.3 is 5.97 Å². The molecule has 0 saturated carbocycles. The summed E-state index contributed by atoms with van der Waals surface area (Å²) in [6.07, 6.45) is 4.64. The number of benzene rings is 1. The minimum atomic E-state index is -0.852. The van der Waals surface area contributed by atoms with Gasteiger partial charge in [-0.15, -0.1) is 11.3 Å². The molecule has 24 heavy (non-hydrogen) atoms. The number of rotatable bonds is 4. The molecule has 0 radical (unpaired) electrons. The van der Waals surface area contributed by atoms with Crippen LogP contribution in [-0.4, -0.2) is 22.8 Å². The van der Waals surface area contributed by atoms with Gasteiger partial charge in [-0.05, 0) is 61.6 Å². The molecule has 0 spiro atoms. The Balaban J connectivity index is 1.82. The van der Waals surface area contributed by atoms with Crippen molar-refractivity contribution in [3.63, 3.8) is 0 Å². The standard InChI is InChI=1S/C19H19NO3S/c1-23-12-6-8-17-15(10-12)14-4-2-3-5-16(14)20(17)11-13-7-9-18(24-13)19(21)22/h6-10H,2-5,11H2,1H3,(H,21,22). The third-order valence-electron chi connectivity index (χ3n) is 4.77. The highest BCUT2D eigenvalue weighted by Crippen LogP contribution is 2.35. The molecule has 0 atom stereocenters. The van der Waals surface area contributed by atoms with Crippen molar-refractivity contribution in [2.24, 2.45) is 0 Å². The van der Waals surface area contributed by atoms with E-state index in [1.165, 1.54) is 46.3 Å². The van der Waals surface area contributed by atoms with Crippen molar-refractivity contribution in [2.45, 2.75) is 32.2 Å². The first kappa shape index (κ1) is 15.3. The Bertz CT molecular complexity index is 922. The first-order valence-corrected chi connectivity index (χ1v) is 8.99. The predicted octanol–water partition coefficient (Wildman–Crippen LogP) is 4.34. The normalized spacial score (nSPS) is 13.9. The third kappa shape index (κ3) is 2.49. The minimum absolute atomic E-state index is 0.400. The van der Waals surface area contributed by atoms with Crippen molar-refractivity contribution in [2.75, 3.05) is 7.11 Å². The van der Waals surface area contributed by atoms with Gasteiger partial charge in [-0.25, -0.2) is 4.79 Å². The monoisotopic (exact) mass is 341 g/mol. The number of carbonyl (C=O) groups is 1. The highest BCUT2D eigenvalue weighted by atomic mass is 32.1. The van der Waals surface area contributed by atoms with E-state index in [0.717, 1.165) is 30.0 Å². The summed E-state index contributed by atoms with van der Waals surface area (Å²) in [6, 6.07) is 9.88. The van der Waals surface area contributed by atoms with Gasteiger partial charge in [0.05, 0.1) is 13.7 Å². The number of hydrogen-bond acceptors (Lipinski definition) is 3. The van der Waals surface area contributed by atoms with E-state index < -0.39 is 5.97 Å². The maximum absolute atomic E-state index is 11.1. The first-order chi connectivity index (χ1) is 11.7. The van der Waals surface area contributed by atoms with Gasteiger partial charge < -0.3 is 14.4 Å². The molecule has 3 aromatic rings. The highest BCUT2D eigenvalue weighted by molar-refractivity contribution is 7.13. The molecular formula is C19H19NO3S. The second-order valence-electron chi connectivity index (χ2n) is 6.17. The molecular weight excluding hydrogens is 322 g/mol. The van der Waals surface area contributed by atoms with E-state index in [0.29, 0.717) is 4.88 Å². The van der Waals surface area contributed by atoms with E-state index in [4.69, 9.17) is 9.84 Å².